The van der Waals surface area contributed by atoms with Crippen molar-refractivity contribution in [3.63, 3.8) is 0 Å². The zero-order valence-electron chi connectivity index (χ0n) is 41.3. The molecular weight excluding hydrogens is 751 g/mol. The maximum atomic E-state index is 12.5. The van der Waals surface area contributed by atoms with Crippen LogP contribution in [0, 0.1) is 0 Å². The smallest absolute Gasteiger partial charge is 0.222 e. The van der Waals surface area contributed by atoms with Gasteiger partial charge in [-0.15, -0.1) is 0 Å². The van der Waals surface area contributed by atoms with Gasteiger partial charge in [-0.3, -0.25) is 4.79 Å². The second-order valence-electron chi connectivity index (χ2n) is 19.2. The molecule has 4 N–H and O–H groups in total. The summed E-state index contributed by atoms with van der Waals surface area (Å²) in [5.74, 6) is -0.287. The fourth-order valence-corrected chi connectivity index (χ4v) is 8.79. The highest BCUT2D eigenvalue weighted by atomic mass is 16.3. The first-order chi connectivity index (χ1) is 30.0. The van der Waals surface area contributed by atoms with E-state index in [1.54, 1.807) is 0 Å². The van der Waals surface area contributed by atoms with Crippen LogP contribution in [-0.2, 0) is 4.79 Å². The van der Waals surface area contributed by atoms with Gasteiger partial charge in [0.15, 0.2) is 0 Å². The first kappa shape index (κ1) is 59.8. The first-order valence-electron chi connectivity index (χ1n) is 27.6. The molecule has 0 aliphatic carbocycles. The average molecular weight is 860 g/mol. The first-order valence-corrected chi connectivity index (χ1v) is 27.6. The standard InChI is InChI=1S/C56H109NO4/c1-3-5-7-9-11-13-15-17-19-21-23-25-26-27-28-30-32-34-36-38-40-42-44-46-48-50-55(60)54(52-58)57-56(61)51-53(59)49-47-45-43-41-39-37-35-33-31-29-24-22-20-18-16-14-12-10-8-6-4-2/h24,29,33,35,53-55,58-60H,3-23,25-28,30-32,34,36-52H2,1-2H3,(H,57,61)/b29-24-,35-33-. The van der Waals surface area contributed by atoms with E-state index in [9.17, 15) is 20.1 Å². The van der Waals surface area contributed by atoms with Crippen molar-refractivity contribution in [3.8, 4) is 0 Å². The number of aliphatic hydroxyl groups is 3. The zero-order chi connectivity index (χ0) is 44.4. The normalized spacial score (nSPS) is 13.5. The number of carbonyl (C=O) groups excluding carboxylic acids is 1. The molecule has 5 nitrogen and oxygen atoms in total. The third-order valence-electron chi connectivity index (χ3n) is 13.0. The minimum absolute atomic E-state index is 0.0289. The van der Waals surface area contributed by atoms with Crippen LogP contribution in [0.1, 0.15) is 303 Å². The van der Waals surface area contributed by atoms with E-state index in [1.165, 1.54) is 225 Å². The van der Waals surface area contributed by atoms with Gasteiger partial charge in [0.25, 0.3) is 0 Å². The molecule has 3 unspecified atom stereocenters. The van der Waals surface area contributed by atoms with Gasteiger partial charge in [0.2, 0.25) is 5.91 Å². The van der Waals surface area contributed by atoms with Crippen molar-refractivity contribution < 1.29 is 20.1 Å². The fraction of sp³-hybridized carbons (Fsp3) is 0.911. The molecule has 0 aliphatic heterocycles. The molecular formula is C56H109NO4. The highest BCUT2D eigenvalue weighted by Gasteiger charge is 2.21. The van der Waals surface area contributed by atoms with Crippen molar-refractivity contribution in [3.05, 3.63) is 24.3 Å². The Bertz CT molecular complexity index is 905. The Morgan fingerprint density at radius 2 is 0.705 bits per heavy atom. The van der Waals surface area contributed by atoms with Crippen LogP contribution in [0.3, 0.4) is 0 Å². The Labute approximate surface area is 382 Å². The van der Waals surface area contributed by atoms with Crippen molar-refractivity contribution in [1.29, 1.82) is 0 Å². The second kappa shape index (κ2) is 51.5. The molecule has 0 saturated heterocycles. The molecule has 61 heavy (non-hydrogen) atoms. The number of unbranched alkanes of at least 4 members (excludes halogenated alkanes) is 38. The van der Waals surface area contributed by atoms with Crippen LogP contribution in [0.2, 0.25) is 0 Å². The number of rotatable bonds is 51. The van der Waals surface area contributed by atoms with E-state index < -0.39 is 18.2 Å². The summed E-state index contributed by atoms with van der Waals surface area (Å²) in [7, 11) is 0. The van der Waals surface area contributed by atoms with Gasteiger partial charge in [-0.2, -0.15) is 0 Å². The Morgan fingerprint density at radius 1 is 0.410 bits per heavy atom. The van der Waals surface area contributed by atoms with E-state index in [0.717, 1.165) is 44.9 Å². The lowest BCUT2D eigenvalue weighted by Gasteiger charge is -2.23. The summed E-state index contributed by atoms with van der Waals surface area (Å²) in [6, 6.07) is -0.663. The van der Waals surface area contributed by atoms with Crippen LogP contribution in [0.4, 0.5) is 0 Å². The quantitative estimate of drug-likeness (QED) is 0.0362. The third-order valence-corrected chi connectivity index (χ3v) is 13.0. The number of allylic oxidation sites excluding steroid dienone is 4. The van der Waals surface area contributed by atoms with Gasteiger partial charge in [0.1, 0.15) is 0 Å². The Balaban J connectivity index is 3.55. The van der Waals surface area contributed by atoms with Crippen molar-refractivity contribution in [2.45, 2.75) is 321 Å². The summed E-state index contributed by atoms with van der Waals surface area (Å²) < 4.78 is 0. The van der Waals surface area contributed by atoms with E-state index >= 15 is 0 Å². The van der Waals surface area contributed by atoms with Gasteiger partial charge in [-0.25, -0.2) is 0 Å². The molecule has 3 atom stereocenters. The van der Waals surface area contributed by atoms with Crippen LogP contribution in [0.25, 0.3) is 0 Å². The van der Waals surface area contributed by atoms with E-state index in [4.69, 9.17) is 0 Å². The number of amides is 1. The predicted molar refractivity (Wildman–Crippen MR) is 268 cm³/mol. The monoisotopic (exact) mass is 860 g/mol. The van der Waals surface area contributed by atoms with Gasteiger partial charge < -0.3 is 20.6 Å². The Kier molecular flexibility index (Phi) is 50.5. The number of hydrogen-bond acceptors (Lipinski definition) is 4. The topological polar surface area (TPSA) is 89.8 Å². The summed E-state index contributed by atoms with van der Waals surface area (Å²) in [6.45, 7) is 4.29. The lowest BCUT2D eigenvalue weighted by atomic mass is 10.0. The molecule has 0 aromatic rings. The molecule has 0 heterocycles. The summed E-state index contributed by atoms with van der Waals surface area (Å²) in [5.41, 5.74) is 0. The molecule has 0 rings (SSSR count). The van der Waals surface area contributed by atoms with Crippen molar-refractivity contribution >= 4 is 5.91 Å². The minimum Gasteiger partial charge on any atom is -0.394 e. The molecule has 0 radical (unpaired) electrons. The van der Waals surface area contributed by atoms with Gasteiger partial charge in [0.05, 0.1) is 31.3 Å². The predicted octanol–water partition coefficient (Wildman–Crippen LogP) is 16.9. The molecule has 0 fully saturated rings. The third kappa shape index (κ3) is 48.1. The Hall–Kier alpha value is -1.17. The fourth-order valence-electron chi connectivity index (χ4n) is 8.79. The molecule has 0 spiro atoms. The molecule has 1 amide bonds. The van der Waals surface area contributed by atoms with E-state index in [2.05, 4.69) is 43.5 Å². The summed E-state index contributed by atoms with van der Waals surface area (Å²) in [6.07, 6.45) is 64.7. The van der Waals surface area contributed by atoms with Gasteiger partial charge in [0, 0.05) is 0 Å². The van der Waals surface area contributed by atoms with Crippen LogP contribution < -0.4 is 5.32 Å². The molecule has 0 aromatic heterocycles. The largest absolute Gasteiger partial charge is 0.394 e. The maximum Gasteiger partial charge on any atom is 0.222 e. The highest BCUT2D eigenvalue weighted by Crippen LogP contribution is 2.18. The lowest BCUT2D eigenvalue weighted by molar-refractivity contribution is -0.125. The number of nitrogens with one attached hydrogen (secondary N) is 1. The SMILES string of the molecule is CCCCCCCCCCC/C=C\C/C=C\CCCCCCCC(O)CC(=O)NC(CO)C(O)CCCCCCCCCCCCCCCCCCCCCCCCCCC. The molecule has 0 saturated carbocycles. The molecule has 0 aromatic carbocycles. The van der Waals surface area contributed by atoms with Crippen molar-refractivity contribution in [2.75, 3.05) is 6.61 Å². The maximum absolute atomic E-state index is 12.5. The highest BCUT2D eigenvalue weighted by molar-refractivity contribution is 5.76. The molecule has 5 heteroatoms. The molecule has 0 aliphatic rings. The Morgan fingerprint density at radius 3 is 1.03 bits per heavy atom. The van der Waals surface area contributed by atoms with Gasteiger partial charge in [-0.05, 0) is 44.9 Å². The van der Waals surface area contributed by atoms with Gasteiger partial charge in [-0.1, -0.05) is 276 Å². The minimum atomic E-state index is -0.753. The zero-order valence-corrected chi connectivity index (χ0v) is 41.3. The summed E-state index contributed by atoms with van der Waals surface area (Å²) >= 11 is 0. The van der Waals surface area contributed by atoms with Crippen molar-refractivity contribution in [2.24, 2.45) is 0 Å². The van der Waals surface area contributed by atoms with Crippen molar-refractivity contribution in [1.82, 2.24) is 5.32 Å². The average Bonchev–Trinajstić information content (AvgIpc) is 3.25. The van der Waals surface area contributed by atoms with Gasteiger partial charge >= 0.3 is 0 Å². The molecule has 362 valence electrons. The number of hydrogen-bond donors (Lipinski definition) is 4. The van der Waals surface area contributed by atoms with Crippen LogP contribution in [0.5, 0.6) is 0 Å². The molecule has 0 bridgehead atoms. The summed E-state index contributed by atoms with van der Waals surface area (Å²) in [4.78, 5) is 12.5. The number of carbonyl (C=O) groups is 1. The van der Waals surface area contributed by atoms with E-state index in [0.29, 0.717) is 12.8 Å². The lowest BCUT2D eigenvalue weighted by Crippen LogP contribution is -2.46. The second-order valence-corrected chi connectivity index (χ2v) is 19.2. The summed E-state index contributed by atoms with van der Waals surface area (Å²) in [5, 5.41) is 33.6. The van der Waals surface area contributed by atoms with Crippen LogP contribution in [0.15, 0.2) is 24.3 Å². The van der Waals surface area contributed by atoms with Crippen LogP contribution >= 0.6 is 0 Å². The van der Waals surface area contributed by atoms with Crippen LogP contribution in [-0.4, -0.2) is 46.1 Å². The van der Waals surface area contributed by atoms with E-state index in [1.807, 2.05) is 0 Å². The van der Waals surface area contributed by atoms with E-state index in [-0.39, 0.29) is 18.9 Å². The number of aliphatic hydroxyl groups excluding tert-OH is 3.